The second-order valence-electron chi connectivity index (χ2n) is 6.94. The van der Waals surface area contributed by atoms with E-state index in [1.165, 1.54) is 16.8 Å². The molecule has 1 aromatic heterocycles. The first kappa shape index (κ1) is 21.4. The molecule has 2 aromatic carbocycles. The van der Waals surface area contributed by atoms with Crippen molar-refractivity contribution in [2.75, 3.05) is 13.7 Å². The third-order valence-electron chi connectivity index (χ3n) is 4.91. The van der Waals surface area contributed by atoms with Crippen LogP contribution in [0.4, 0.5) is 0 Å². The molecule has 0 amide bonds. The van der Waals surface area contributed by atoms with Gasteiger partial charge in [-0.1, -0.05) is 30.3 Å². The summed E-state index contributed by atoms with van der Waals surface area (Å²) >= 11 is 3.58. The van der Waals surface area contributed by atoms with E-state index in [0.29, 0.717) is 6.61 Å². The summed E-state index contributed by atoms with van der Waals surface area (Å²) in [5, 5.41) is 8.28. The maximum absolute atomic E-state index is 5.72. The van der Waals surface area contributed by atoms with Gasteiger partial charge in [-0.25, -0.2) is 0 Å². The largest absolute Gasteiger partial charge is 0.492 e. The van der Waals surface area contributed by atoms with Gasteiger partial charge in [-0.05, 0) is 60.0 Å². The van der Waals surface area contributed by atoms with Crippen LogP contribution >= 0.6 is 15.9 Å². The number of aryl methyl sites for hydroxylation is 1. The number of aromatic nitrogens is 2. The second kappa shape index (κ2) is 9.94. The quantitative estimate of drug-likeness (QED) is 0.490. The molecule has 1 N–H and O–H groups in total. The number of nitrogens with one attached hydrogen (secondary N) is 1. The van der Waals surface area contributed by atoms with Gasteiger partial charge >= 0.3 is 0 Å². The van der Waals surface area contributed by atoms with Crippen LogP contribution in [0.1, 0.15) is 35.0 Å². The Labute approximate surface area is 181 Å². The van der Waals surface area contributed by atoms with Gasteiger partial charge in [0.15, 0.2) is 11.5 Å². The molecular weight excluding hydrogens is 430 g/mol. The molecule has 0 aliphatic carbocycles. The highest BCUT2D eigenvalue weighted by molar-refractivity contribution is 9.10. The van der Waals surface area contributed by atoms with Crippen molar-refractivity contribution in [1.82, 2.24) is 15.1 Å². The molecule has 5 nitrogen and oxygen atoms in total. The summed E-state index contributed by atoms with van der Waals surface area (Å²) in [6.45, 7) is 9.05. The van der Waals surface area contributed by atoms with Crippen molar-refractivity contribution in [2.24, 2.45) is 0 Å². The van der Waals surface area contributed by atoms with E-state index in [4.69, 9.17) is 14.6 Å². The number of benzene rings is 2. The zero-order valence-corrected chi connectivity index (χ0v) is 19.0. The van der Waals surface area contributed by atoms with Gasteiger partial charge < -0.3 is 14.8 Å². The lowest BCUT2D eigenvalue weighted by atomic mass is 10.1. The van der Waals surface area contributed by atoms with Gasteiger partial charge in [0.1, 0.15) is 0 Å². The fraction of sp³-hybridized carbons (Fsp3) is 0.348. The number of methoxy groups -OCH3 is 1. The summed E-state index contributed by atoms with van der Waals surface area (Å²) in [7, 11) is 1.65. The second-order valence-corrected chi connectivity index (χ2v) is 7.79. The highest BCUT2D eigenvalue weighted by atomic mass is 79.9. The Morgan fingerprint density at radius 3 is 2.52 bits per heavy atom. The van der Waals surface area contributed by atoms with Crippen molar-refractivity contribution in [1.29, 1.82) is 0 Å². The third-order valence-corrected chi connectivity index (χ3v) is 5.50. The van der Waals surface area contributed by atoms with Crippen molar-refractivity contribution >= 4 is 15.9 Å². The van der Waals surface area contributed by atoms with E-state index >= 15 is 0 Å². The first-order valence-corrected chi connectivity index (χ1v) is 10.6. The molecule has 0 atom stereocenters. The van der Waals surface area contributed by atoms with Crippen LogP contribution < -0.4 is 14.8 Å². The molecule has 3 aromatic rings. The predicted octanol–water partition coefficient (Wildman–Crippen LogP) is 5.01. The molecule has 0 unspecified atom stereocenters. The minimum atomic E-state index is 0.596. The van der Waals surface area contributed by atoms with Crippen LogP contribution in [0.5, 0.6) is 11.5 Å². The summed E-state index contributed by atoms with van der Waals surface area (Å²) in [5.41, 5.74) is 5.90. The van der Waals surface area contributed by atoms with E-state index in [1.54, 1.807) is 7.11 Å². The van der Waals surface area contributed by atoms with Crippen molar-refractivity contribution in [3.8, 4) is 11.5 Å². The molecule has 0 aliphatic heterocycles. The summed E-state index contributed by atoms with van der Waals surface area (Å²) < 4.78 is 14.1. The molecule has 3 rings (SSSR count). The Morgan fingerprint density at radius 2 is 1.83 bits per heavy atom. The van der Waals surface area contributed by atoms with E-state index in [9.17, 15) is 0 Å². The third kappa shape index (κ3) is 5.19. The summed E-state index contributed by atoms with van der Waals surface area (Å²) in [4.78, 5) is 0. The number of rotatable bonds is 9. The fourth-order valence-corrected chi connectivity index (χ4v) is 4.07. The smallest absolute Gasteiger partial charge is 0.174 e. The predicted molar refractivity (Wildman–Crippen MR) is 120 cm³/mol. The molecule has 0 radical (unpaired) electrons. The van der Waals surface area contributed by atoms with E-state index in [-0.39, 0.29) is 0 Å². The minimum absolute atomic E-state index is 0.596. The fourth-order valence-electron chi connectivity index (χ4n) is 3.42. The molecule has 29 heavy (non-hydrogen) atoms. The Kier molecular flexibility index (Phi) is 7.34. The number of ether oxygens (including phenoxy) is 2. The number of halogens is 1. The zero-order valence-electron chi connectivity index (χ0n) is 17.5. The molecule has 1 heterocycles. The lowest BCUT2D eigenvalue weighted by molar-refractivity contribution is 0.309. The topological polar surface area (TPSA) is 48.3 Å². The summed E-state index contributed by atoms with van der Waals surface area (Å²) in [6.07, 6.45) is 0. The van der Waals surface area contributed by atoms with Gasteiger partial charge in [0.05, 0.1) is 30.4 Å². The normalized spacial score (nSPS) is 10.9. The summed E-state index contributed by atoms with van der Waals surface area (Å²) in [5.74, 6) is 1.48. The molecule has 0 saturated heterocycles. The van der Waals surface area contributed by atoms with Crippen LogP contribution in [0.2, 0.25) is 0 Å². The minimum Gasteiger partial charge on any atom is -0.492 e. The monoisotopic (exact) mass is 457 g/mol. The number of hydrogen-bond donors (Lipinski definition) is 1. The average Bonchev–Trinajstić information content (AvgIpc) is 2.96. The van der Waals surface area contributed by atoms with Gasteiger partial charge in [-0.3, -0.25) is 4.68 Å². The van der Waals surface area contributed by atoms with Gasteiger partial charge in [-0.15, -0.1) is 0 Å². The van der Waals surface area contributed by atoms with E-state index in [2.05, 4.69) is 70.1 Å². The lowest BCUT2D eigenvalue weighted by Crippen LogP contribution is -2.14. The molecule has 0 aliphatic rings. The molecular formula is C23H28BrN3O2. The van der Waals surface area contributed by atoms with Gasteiger partial charge in [-0.2, -0.15) is 5.10 Å². The Bertz CT molecular complexity index is 955. The number of nitrogens with zero attached hydrogens (tertiary/aromatic N) is 2. The molecule has 0 spiro atoms. The van der Waals surface area contributed by atoms with Crippen LogP contribution in [-0.4, -0.2) is 23.5 Å². The standard InChI is InChI=1S/C23H28BrN3O2/c1-5-29-22-12-19(11-21(24)23(22)28-4)13-25-14-20-16(2)26-27(17(20)3)15-18-9-7-6-8-10-18/h6-12,25H,5,13-15H2,1-4H3. The van der Waals surface area contributed by atoms with Gasteiger partial charge in [0.25, 0.3) is 0 Å². The Hall–Kier alpha value is -2.31. The molecule has 0 fully saturated rings. The highest BCUT2D eigenvalue weighted by Gasteiger charge is 2.13. The van der Waals surface area contributed by atoms with Crippen LogP contribution in [0, 0.1) is 13.8 Å². The maximum Gasteiger partial charge on any atom is 0.174 e. The molecule has 0 saturated carbocycles. The van der Waals surface area contributed by atoms with Gasteiger partial charge in [0, 0.05) is 24.3 Å². The van der Waals surface area contributed by atoms with E-state index < -0.39 is 0 Å². The van der Waals surface area contributed by atoms with Crippen molar-refractivity contribution in [3.05, 3.63) is 75.0 Å². The first-order valence-electron chi connectivity index (χ1n) is 9.80. The van der Waals surface area contributed by atoms with Crippen LogP contribution in [-0.2, 0) is 19.6 Å². The van der Waals surface area contributed by atoms with Crippen LogP contribution in [0.15, 0.2) is 46.9 Å². The van der Waals surface area contributed by atoms with E-state index in [0.717, 1.165) is 46.9 Å². The van der Waals surface area contributed by atoms with Crippen molar-refractivity contribution < 1.29 is 9.47 Å². The van der Waals surface area contributed by atoms with E-state index in [1.807, 2.05) is 19.1 Å². The van der Waals surface area contributed by atoms with Crippen molar-refractivity contribution in [3.63, 3.8) is 0 Å². The van der Waals surface area contributed by atoms with Gasteiger partial charge in [0.2, 0.25) is 0 Å². The molecule has 6 heteroatoms. The SMILES string of the molecule is CCOc1cc(CNCc2c(C)nn(Cc3ccccc3)c2C)cc(Br)c1OC. The van der Waals surface area contributed by atoms with Crippen molar-refractivity contribution in [2.45, 2.75) is 40.4 Å². The van der Waals surface area contributed by atoms with Crippen LogP contribution in [0.3, 0.4) is 0 Å². The average molecular weight is 458 g/mol. The van der Waals surface area contributed by atoms with Crippen LogP contribution in [0.25, 0.3) is 0 Å². The lowest BCUT2D eigenvalue weighted by Gasteiger charge is -2.14. The zero-order chi connectivity index (χ0) is 20.8. The Balaban J connectivity index is 1.68. The first-order chi connectivity index (χ1) is 14.0. The number of hydrogen-bond acceptors (Lipinski definition) is 4. The highest BCUT2D eigenvalue weighted by Crippen LogP contribution is 2.36. The summed E-state index contributed by atoms with van der Waals surface area (Å²) in [6, 6.07) is 14.5. The Morgan fingerprint density at radius 1 is 1.07 bits per heavy atom. The maximum atomic E-state index is 5.72. The molecule has 0 bridgehead atoms. The molecule has 154 valence electrons.